The Morgan fingerprint density at radius 3 is 2.78 bits per heavy atom. The zero-order valence-electron chi connectivity index (χ0n) is 18.1. The van der Waals surface area contributed by atoms with Crippen LogP contribution in [-0.2, 0) is 0 Å². The Hall–Kier alpha value is -3.94. The summed E-state index contributed by atoms with van der Waals surface area (Å²) in [6.07, 6.45) is 11.0. The van der Waals surface area contributed by atoms with Crippen LogP contribution in [0.5, 0.6) is 0 Å². The first kappa shape index (κ1) is 20.0. The van der Waals surface area contributed by atoms with Crippen LogP contribution in [0.15, 0.2) is 54.9 Å². The Morgan fingerprint density at radius 1 is 1.16 bits per heavy atom. The number of imidazole rings is 1. The summed E-state index contributed by atoms with van der Waals surface area (Å²) in [7, 11) is 0. The van der Waals surface area contributed by atoms with Crippen molar-refractivity contribution in [1.82, 2.24) is 30.1 Å². The van der Waals surface area contributed by atoms with Gasteiger partial charge in [0.05, 0.1) is 16.9 Å². The van der Waals surface area contributed by atoms with Crippen molar-refractivity contribution in [3.8, 4) is 11.5 Å². The first-order chi connectivity index (χ1) is 15.6. The Morgan fingerprint density at radius 2 is 2.00 bits per heavy atom. The second kappa shape index (κ2) is 8.30. The third kappa shape index (κ3) is 3.64. The summed E-state index contributed by atoms with van der Waals surface area (Å²) < 4.78 is 0. The first-order valence-corrected chi connectivity index (χ1v) is 10.9. The van der Waals surface area contributed by atoms with Gasteiger partial charge < -0.3 is 15.6 Å². The van der Waals surface area contributed by atoms with Gasteiger partial charge in [-0.1, -0.05) is 18.7 Å². The predicted molar refractivity (Wildman–Crippen MR) is 129 cm³/mol. The van der Waals surface area contributed by atoms with Gasteiger partial charge in [-0.2, -0.15) is 5.10 Å². The molecule has 0 spiro atoms. The van der Waals surface area contributed by atoms with E-state index >= 15 is 0 Å². The van der Waals surface area contributed by atoms with E-state index in [1.54, 1.807) is 6.08 Å². The van der Waals surface area contributed by atoms with Gasteiger partial charge >= 0.3 is 0 Å². The zero-order valence-corrected chi connectivity index (χ0v) is 18.1. The van der Waals surface area contributed by atoms with Crippen molar-refractivity contribution in [1.29, 1.82) is 0 Å². The van der Waals surface area contributed by atoms with Crippen molar-refractivity contribution in [3.63, 3.8) is 0 Å². The van der Waals surface area contributed by atoms with Gasteiger partial charge in [-0.05, 0) is 50.5 Å². The first-order valence-electron chi connectivity index (χ1n) is 10.9. The fourth-order valence-corrected chi connectivity index (χ4v) is 4.21. The molecule has 1 aliphatic heterocycles. The number of hydrogen-bond acceptors (Lipinski definition) is 6. The van der Waals surface area contributed by atoms with Crippen LogP contribution < -0.4 is 10.6 Å². The molecule has 5 rings (SSSR count). The zero-order chi connectivity index (χ0) is 22.1. The molecule has 8 heteroatoms. The van der Waals surface area contributed by atoms with Gasteiger partial charge in [0.15, 0.2) is 17.2 Å². The molecule has 1 aliphatic rings. The van der Waals surface area contributed by atoms with Crippen LogP contribution in [0.4, 0.5) is 5.69 Å². The van der Waals surface area contributed by atoms with E-state index in [1.165, 1.54) is 19.3 Å². The maximum Gasteiger partial charge on any atom is 0.180 e. The fourth-order valence-electron chi connectivity index (χ4n) is 4.21. The normalized spacial score (nSPS) is 15.6. The van der Waals surface area contributed by atoms with Crippen LogP contribution in [0.3, 0.4) is 0 Å². The summed E-state index contributed by atoms with van der Waals surface area (Å²) in [6, 6.07) is 5.96. The SMILES string of the molecule is C=C/C=C(\C=C(/C)N)c1ccc2[nH]nc(-c3nc4nccc(N5CCCCC5)c4[nH]3)c2n1. The lowest BCUT2D eigenvalue weighted by atomic mass is 10.1. The Balaban J connectivity index is 1.61. The van der Waals surface area contributed by atoms with Crippen LogP contribution in [-0.4, -0.2) is 43.2 Å². The molecule has 4 aromatic rings. The molecule has 1 fully saturated rings. The Kier molecular flexibility index (Phi) is 5.18. The number of nitrogens with zero attached hydrogens (tertiary/aromatic N) is 5. The van der Waals surface area contributed by atoms with Crippen LogP contribution in [0.1, 0.15) is 31.9 Å². The molecule has 0 aromatic carbocycles. The second-order valence-corrected chi connectivity index (χ2v) is 8.07. The van der Waals surface area contributed by atoms with Gasteiger partial charge in [0.25, 0.3) is 0 Å². The molecule has 0 bridgehead atoms. The highest BCUT2D eigenvalue weighted by atomic mass is 15.2. The lowest BCUT2D eigenvalue weighted by Crippen LogP contribution is -2.29. The Bertz CT molecular complexity index is 1350. The van der Waals surface area contributed by atoms with Crippen molar-refractivity contribution < 1.29 is 0 Å². The van der Waals surface area contributed by atoms with Crippen molar-refractivity contribution in [2.45, 2.75) is 26.2 Å². The molecule has 162 valence electrons. The van der Waals surface area contributed by atoms with Crippen molar-refractivity contribution in [2.24, 2.45) is 5.73 Å². The summed E-state index contributed by atoms with van der Waals surface area (Å²) in [5.41, 5.74) is 13.3. The summed E-state index contributed by atoms with van der Waals surface area (Å²) in [6.45, 7) is 7.75. The number of rotatable bonds is 5. The van der Waals surface area contributed by atoms with Crippen LogP contribution in [0.2, 0.25) is 0 Å². The smallest absolute Gasteiger partial charge is 0.180 e. The molecule has 0 unspecified atom stereocenters. The number of allylic oxidation sites excluding steroid dienone is 5. The minimum atomic E-state index is 0.646. The molecule has 0 radical (unpaired) electrons. The quantitative estimate of drug-likeness (QED) is 0.410. The summed E-state index contributed by atoms with van der Waals surface area (Å²) in [5.74, 6) is 0.646. The highest BCUT2D eigenvalue weighted by molar-refractivity contribution is 5.93. The molecular formula is C24H26N8. The number of anilines is 1. The van der Waals surface area contributed by atoms with Gasteiger partial charge in [0.2, 0.25) is 0 Å². The molecule has 32 heavy (non-hydrogen) atoms. The second-order valence-electron chi connectivity index (χ2n) is 8.07. The molecule has 0 saturated carbocycles. The monoisotopic (exact) mass is 426 g/mol. The lowest BCUT2D eigenvalue weighted by Gasteiger charge is -2.28. The molecule has 4 N–H and O–H groups in total. The highest BCUT2D eigenvalue weighted by Gasteiger charge is 2.19. The molecule has 0 amide bonds. The van der Waals surface area contributed by atoms with Crippen molar-refractivity contribution >= 4 is 33.5 Å². The van der Waals surface area contributed by atoms with E-state index in [-0.39, 0.29) is 0 Å². The molecule has 0 aliphatic carbocycles. The van der Waals surface area contributed by atoms with Gasteiger partial charge in [0.1, 0.15) is 11.0 Å². The Labute approximate surface area is 186 Å². The van der Waals surface area contributed by atoms with Crippen LogP contribution in [0, 0.1) is 0 Å². The van der Waals surface area contributed by atoms with E-state index in [0.717, 1.165) is 46.6 Å². The molecule has 1 saturated heterocycles. The maximum absolute atomic E-state index is 5.91. The van der Waals surface area contributed by atoms with Gasteiger partial charge in [-0.15, -0.1) is 0 Å². The molecule has 4 aromatic heterocycles. The number of pyridine rings is 2. The van der Waals surface area contributed by atoms with Crippen molar-refractivity contribution in [2.75, 3.05) is 18.0 Å². The summed E-state index contributed by atoms with van der Waals surface area (Å²) in [4.78, 5) is 20.0. The van der Waals surface area contributed by atoms with E-state index in [0.29, 0.717) is 22.9 Å². The van der Waals surface area contributed by atoms with Gasteiger partial charge in [-0.25, -0.2) is 15.0 Å². The number of nitrogens with one attached hydrogen (secondary N) is 2. The third-order valence-corrected chi connectivity index (χ3v) is 5.68. The van der Waals surface area contributed by atoms with E-state index in [2.05, 4.69) is 37.7 Å². The van der Waals surface area contributed by atoms with E-state index < -0.39 is 0 Å². The highest BCUT2D eigenvalue weighted by Crippen LogP contribution is 2.31. The van der Waals surface area contributed by atoms with Gasteiger partial charge in [-0.3, -0.25) is 5.10 Å². The van der Waals surface area contributed by atoms with Crippen LogP contribution >= 0.6 is 0 Å². The van der Waals surface area contributed by atoms with E-state index in [4.69, 9.17) is 15.7 Å². The minimum Gasteiger partial charge on any atom is -0.402 e. The predicted octanol–water partition coefficient (Wildman–Crippen LogP) is 4.32. The fraction of sp³-hybridized carbons (Fsp3) is 0.250. The summed E-state index contributed by atoms with van der Waals surface area (Å²) in [5, 5.41) is 7.57. The number of H-pyrrole nitrogens is 2. The average Bonchev–Trinajstić information content (AvgIpc) is 3.42. The standard InChI is InChI=1S/C24H26N8/c1-3-7-16(14-15(2)25)17-8-9-18-20(27-17)22(31-30-18)24-28-21-19(10-11-26-23(21)29-24)32-12-5-4-6-13-32/h3,7-11,14H,1,4-6,12-13,25H2,2H3,(H,30,31)(H,26,28,29)/b15-14+,16-7+. The molecule has 0 atom stereocenters. The topological polar surface area (TPSA) is 112 Å². The lowest BCUT2D eigenvalue weighted by molar-refractivity contribution is 0.578. The number of aromatic amines is 2. The van der Waals surface area contributed by atoms with E-state index in [1.807, 2.05) is 37.4 Å². The average molecular weight is 427 g/mol. The molecule has 8 nitrogen and oxygen atoms in total. The number of aromatic nitrogens is 6. The van der Waals surface area contributed by atoms with Crippen molar-refractivity contribution in [3.05, 3.63) is 60.6 Å². The largest absolute Gasteiger partial charge is 0.402 e. The molecular weight excluding hydrogens is 400 g/mol. The third-order valence-electron chi connectivity index (χ3n) is 5.68. The van der Waals surface area contributed by atoms with Crippen LogP contribution in [0.25, 0.3) is 39.3 Å². The number of piperidine rings is 1. The maximum atomic E-state index is 5.91. The van der Waals surface area contributed by atoms with Gasteiger partial charge in [0, 0.05) is 30.6 Å². The summed E-state index contributed by atoms with van der Waals surface area (Å²) >= 11 is 0. The molecule has 5 heterocycles. The number of nitrogens with two attached hydrogens (primary N) is 1. The number of hydrogen-bond donors (Lipinski definition) is 3. The van der Waals surface area contributed by atoms with E-state index in [9.17, 15) is 0 Å². The number of fused-ring (bicyclic) bond motifs is 2. The minimum absolute atomic E-state index is 0.646.